The Morgan fingerprint density at radius 2 is 2.14 bits per heavy atom. The van der Waals surface area contributed by atoms with Gasteiger partial charge in [-0.05, 0) is 30.9 Å². The van der Waals surface area contributed by atoms with E-state index in [1.54, 1.807) is 16.7 Å². The van der Waals surface area contributed by atoms with E-state index in [1.165, 1.54) is 16.9 Å². The highest BCUT2D eigenvalue weighted by atomic mass is 32.2. The minimum Gasteiger partial charge on any atom is -0.480 e. The standard InChI is InChI=1S/C15H21NO3S2/c1-5-10-6-12(21-9(10)4)13(17)16-11(15(18)19)7-20-14(16)8(2)3/h6,8,11,14H,5,7H2,1-4H3,(H,18,19). The summed E-state index contributed by atoms with van der Waals surface area (Å²) < 4.78 is 0. The van der Waals surface area contributed by atoms with E-state index in [0.29, 0.717) is 10.6 Å². The first-order valence-corrected chi connectivity index (χ1v) is 8.99. The second-order valence-electron chi connectivity index (χ2n) is 5.58. The topological polar surface area (TPSA) is 57.6 Å². The van der Waals surface area contributed by atoms with Crippen LogP contribution in [0.1, 0.15) is 40.9 Å². The molecule has 1 N–H and O–H groups in total. The summed E-state index contributed by atoms with van der Waals surface area (Å²) in [6, 6.07) is 1.20. The van der Waals surface area contributed by atoms with Gasteiger partial charge in [0, 0.05) is 10.6 Å². The summed E-state index contributed by atoms with van der Waals surface area (Å²) >= 11 is 3.03. The van der Waals surface area contributed by atoms with E-state index in [1.807, 2.05) is 26.8 Å². The number of hydrogen-bond donors (Lipinski definition) is 1. The highest BCUT2D eigenvalue weighted by Gasteiger charge is 2.43. The van der Waals surface area contributed by atoms with Gasteiger partial charge in [-0.1, -0.05) is 20.8 Å². The minimum atomic E-state index is -0.914. The first-order valence-electron chi connectivity index (χ1n) is 7.13. The SMILES string of the molecule is CCc1cc(C(=O)N2C(C(=O)O)CSC2C(C)C)sc1C. The molecule has 1 aliphatic heterocycles. The Balaban J connectivity index is 2.34. The Morgan fingerprint density at radius 3 is 2.62 bits per heavy atom. The van der Waals surface area contributed by atoms with Gasteiger partial charge in [-0.3, -0.25) is 4.79 Å². The van der Waals surface area contributed by atoms with Crippen LogP contribution in [0.5, 0.6) is 0 Å². The van der Waals surface area contributed by atoms with Crippen LogP contribution in [0.15, 0.2) is 6.07 Å². The molecule has 0 radical (unpaired) electrons. The summed E-state index contributed by atoms with van der Waals surface area (Å²) in [5.74, 6) is -0.355. The molecule has 6 heteroatoms. The van der Waals surface area contributed by atoms with Gasteiger partial charge in [-0.15, -0.1) is 23.1 Å². The third kappa shape index (κ3) is 3.11. The van der Waals surface area contributed by atoms with Crippen LogP contribution in [0, 0.1) is 12.8 Å². The van der Waals surface area contributed by atoms with Crippen molar-refractivity contribution >= 4 is 35.0 Å². The lowest BCUT2D eigenvalue weighted by Crippen LogP contribution is -2.46. The lowest BCUT2D eigenvalue weighted by atomic mass is 10.1. The van der Waals surface area contributed by atoms with Crippen LogP contribution in [-0.2, 0) is 11.2 Å². The number of nitrogens with zero attached hydrogens (tertiary/aromatic N) is 1. The number of thioether (sulfide) groups is 1. The summed E-state index contributed by atoms with van der Waals surface area (Å²) in [5.41, 5.74) is 1.17. The predicted molar refractivity (Wildman–Crippen MR) is 87.1 cm³/mol. The fraction of sp³-hybridized carbons (Fsp3) is 0.600. The molecule has 0 spiro atoms. The minimum absolute atomic E-state index is 0.0638. The van der Waals surface area contributed by atoms with Crippen molar-refractivity contribution in [3.05, 3.63) is 21.4 Å². The molecule has 21 heavy (non-hydrogen) atoms. The summed E-state index contributed by atoms with van der Waals surface area (Å²) in [6.45, 7) is 8.12. The van der Waals surface area contributed by atoms with Crippen LogP contribution in [0.4, 0.5) is 0 Å². The molecular formula is C15H21NO3S2. The molecule has 1 saturated heterocycles. The monoisotopic (exact) mass is 327 g/mol. The van der Waals surface area contributed by atoms with Crippen molar-refractivity contribution in [1.29, 1.82) is 0 Å². The van der Waals surface area contributed by atoms with E-state index in [4.69, 9.17) is 0 Å². The molecule has 2 rings (SSSR count). The summed E-state index contributed by atoms with van der Waals surface area (Å²) in [5, 5.41) is 9.32. The average Bonchev–Trinajstić information content (AvgIpc) is 3.01. The van der Waals surface area contributed by atoms with Crippen LogP contribution >= 0.6 is 23.1 Å². The number of amides is 1. The third-order valence-electron chi connectivity index (χ3n) is 3.74. The van der Waals surface area contributed by atoms with Crippen molar-refractivity contribution in [2.45, 2.75) is 45.5 Å². The van der Waals surface area contributed by atoms with Crippen molar-refractivity contribution in [3.8, 4) is 0 Å². The smallest absolute Gasteiger partial charge is 0.327 e. The number of rotatable bonds is 4. The molecule has 0 bridgehead atoms. The maximum Gasteiger partial charge on any atom is 0.327 e. The van der Waals surface area contributed by atoms with Crippen LogP contribution in [0.25, 0.3) is 0 Å². The van der Waals surface area contributed by atoms with Crippen LogP contribution in [-0.4, -0.2) is 39.1 Å². The van der Waals surface area contributed by atoms with Crippen molar-refractivity contribution in [2.24, 2.45) is 5.92 Å². The number of thiophene rings is 1. The molecule has 4 nitrogen and oxygen atoms in total. The summed E-state index contributed by atoms with van der Waals surface area (Å²) in [4.78, 5) is 27.6. The van der Waals surface area contributed by atoms with Gasteiger partial charge >= 0.3 is 5.97 Å². The molecule has 0 aromatic carbocycles. The van der Waals surface area contributed by atoms with Gasteiger partial charge in [0.15, 0.2) is 0 Å². The number of hydrogen-bond acceptors (Lipinski definition) is 4. The highest BCUT2D eigenvalue weighted by Crippen LogP contribution is 2.36. The highest BCUT2D eigenvalue weighted by molar-refractivity contribution is 8.00. The maximum absolute atomic E-state index is 12.8. The molecule has 1 aromatic heterocycles. The second kappa shape index (κ2) is 6.40. The lowest BCUT2D eigenvalue weighted by molar-refractivity contribution is -0.141. The molecule has 116 valence electrons. The number of aryl methyl sites for hydroxylation is 2. The summed E-state index contributed by atoms with van der Waals surface area (Å²) in [7, 11) is 0. The van der Waals surface area contributed by atoms with E-state index < -0.39 is 12.0 Å². The van der Waals surface area contributed by atoms with Gasteiger partial charge in [0.05, 0.1) is 10.3 Å². The number of carbonyl (C=O) groups is 2. The first kappa shape index (κ1) is 16.4. The molecule has 2 atom stereocenters. The molecule has 0 saturated carbocycles. The normalized spacial score (nSPS) is 22.0. The average molecular weight is 327 g/mol. The van der Waals surface area contributed by atoms with Crippen molar-refractivity contribution in [3.63, 3.8) is 0 Å². The van der Waals surface area contributed by atoms with Crippen LogP contribution in [0.3, 0.4) is 0 Å². The van der Waals surface area contributed by atoms with Gasteiger partial charge in [0.2, 0.25) is 0 Å². The van der Waals surface area contributed by atoms with E-state index in [2.05, 4.69) is 6.92 Å². The summed E-state index contributed by atoms with van der Waals surface area (Å²) in [6.07, 6.45) is 0.889. The number of aliphatic carboxylic acids is 1. The molecule has 2 heterocycles. The molecular weight excluding hydrogens is 306 g/mol. The fourth-order valence-electron chi connectivity index (χ4n) is 2.59. The van der Waals surface area contributed by atoms with E-state index in [9.17, 15) is 14.7 Å². The number of carboxylic acids is 1. The molecule has 1 fully saturated rings. The third-order valence-corrected chi connectivity index (χ3v) is 6.44. The van der Waals surface area contributed by atoms with E-state index in [-0.39, 0.29) is 17.2 Å². The Hall–Kier alpha value is -1.01. The van der Waals surface area contributed by atoms with Gasteiger partial charge in [0.25, 0.3) is 5.91 Å². The van der Waals surface area contributed by atoms with Crippen LogP contribution in [0.2, 0.25) is 0 Å². The molecule has 1 aliphatic rings. The van der Waals surface area contributed by atoms with Gasteiger partial charge in [-0.25, -0.2) is 4.79 Å². The zero-order valence-corrected chi connectivity index (χ0v) is 14.4. The van der Waals surface area contributed by atoms with Crippen molar-refractivity contribution in [1.82, 2.24) is 4.90 Å². The number of carboxylic acid groups (broad SMARTS) is 1. The number of carbonyl (C=O) groups excluding carboxylic acids is 1. The first-order chi connectivity index (χ1) is 9.86. The fourth-order valence-corrected chi connectivity index (χ4v) is 5.12. The van der Waals surface area contributed by atoms with E-state index >= 15 is 0 Å². The van der Waals surface area contributed by atoms with Crippen molar-refractivity contribution in [2.75, 3.05) is 5.75 Å². The zero-order chi connectivity index (χ0) is 15.7. The van der Waals surface area contributed by atoms with Crippen molar-refractivity contribution < 1.29 is 14.7 Å². The quantitative estimate of drug-likeness (QED) is 0.922. The Bertz CT molecular complexity index is 553. The molecule has 1 amide bonds. The second-order valence-corrected chi connectivity index (χ2v) is 7.99. The molecule has 1 aromatic rings. The Labute approximate surface area is 133 Å². The van der Waals surface area contributed by atoms with Crippen LogP contribution < -0.4 is 0 Å². The van der Waals surface area contributed by atoms with Gasteiger partial charge < -0.3 is 10.0 Å². The maximum atomic E-state index is 12.8. The molecule has 0 aliphatic carbocycles. The molecule has 2 unspecified atom stereocenters. The van der Waals surface area contributed by atoms with E-state index in [0.717, 1.165) is 11.3 Å². The predicted octanol–water partition coefficient (Wildman–Crippen LogP) is 3.24. The zero-order valence-electron chi connectivity index (χ0n) is 12.8. The Morgan fingerprint density at radius 1 is 1.48 bits per heavy atom. The largest absolute Gasteiger partial charge is 0.480 e. The lowest BCUT2D eigenvalue weighted by Gasteiger charge is -2.29. The Kier molecular flexibility index (Phi) is 4.99. The van der Waals surface area contributed by atoms with Gasteiger partial charge in [-0.2, -0.15) is 0 Å². The van der Waals surface area contributed by atoms with Gasteiger partial charge in [0.1, 0.15) is 6.04 Å².